The molecular formula is C9H17NO. The van der Waals surface area contributed by atoms with Gasteiger partial charge in [0.15, 0.2) is 0 Å². The van der Waals surface area contributed by atoms with Crippen molar-refractivity contribution in [1.29, 1.82) is 0 Å². The molecule has 2 aliphatic rings. The maximum atomic E-state index is 8.83. The Morgan fingerprint density at radius 3 is 2.45 bits per heavy atom. The number of nitrogens with zero attached hydrogens (tertiary/aromatic N) is 1. The number of likely N-dealkylation sites (tertiary alicyclic amines) is 1. The van der Waals surface area contributed by atoms with Crippen molar-refractivity contribution in [3.63, 3.8) is 0 Å². The van der Waals surface area contributed by atoms with E-state index in [4.69, 9.17) is 5.11 Å². The Bertz CT molecular complexity index is 132. The van der Waals surface area contributed by atoms with Crippen LogP contribution < -0.4 is 0 Å². The third-order valence-corrected chi connectivity index (χ3v) is 2.99. The van der Waals surface area contributed by atoms with E-state index < -0.39 is 0 Å². The van der Waals surface area contributed by atoms with E-state index in [1.165, 1.54) is 38.9 Å². The molecule has 1 heterocycles. The van der Waals surface area contributed by atoms with Crippen LogP contribution in [-0.4, -0.2) is 36.2 Å². The molecule has 1 saturated carbocycles. The maximum Gasteiger partial charge on any atom is 0.0462 e. The molecule has 64 valence electrons. The van der Waals surface area contributed by atoms with Crippen molar-refractivity contribution < 1.29 is 5.11 Å². The molecule has 1 saturated heterocycles. The zero-order valence-electron chi connectivity index (χ0n) is 7.00. The number of rotatable bonds is 3. The predicted molar refractivity (Wildman–Crippen MR) is 44.4 cm³/mol. The van der Waals surface area contributed by atoms with Gasteiger partial charge < -0.3 is 10.0 Å². The van der Waals surface area contributed by atoms with Crippen LogP contribution in [-0.2, 0) is 0 Å². The number of aliphatic hydroxyl groups excluding tert-OH is 1. The highest BCUT2D eigenvalue weighted by Crippen LogP contribution is 2.38. The van der Waals surface area contributed by atoms with Crippen molar-refractivity contribution in [3.05, 3.63) is 0 Å². The first-order valence-electron chi connectivity index (χ1n) is 4.73. The standard InChI is InChI=1S/C9H17NO/c11-7-9-5-8(9)6-10-3-1-2-4-10/h8-9,11H,1-7H2/t8-,9+/m1/s1. The fourth-order valence-electron chi connectivity index (χ4n) is 2.05. The van der Waals surface area contributed by atoms with Gasteiger partial charge in [0.25, 0.3) is 0 Å². The first-order valence-corrected chi connectivity index (χ1v) is 4.73. The van der Waals surface area contributed by atoms with Crippen LogP contribution in [0.2, 0.25) is 0 Å². The summed E-state index contributed by atoms with van der Waals surface area (Å²) in [5.74, 6) is 1.48. The van der Waals surface area contributed by atoms with Gasteiger partial charge in [0.1, 0.15) is 0 Å². The molecule has 0 unspecified atom stereocenters. The molecular weight excluding hydrogens is 138 g/mol. The van der Waals surface area contributed by atoms with Gasteiger partial charge in [-0.3, -0.25) is 0 Å². The highest BCUT2D eigenvalue weighted by molar-refractivity contribution is 4.88. The van der Waals surface area contributed by atoms with E-state index in [0.717, 1.165) is 5.92 Å². The lowest BCUT2D eigenvalue weighted by Gasteiger charge is -2.13. The summed E-state index contributed by atoms with van der Waals surface area (Å²) in [6.45, 7) is 4.27. The normalized spacial score (nSPS) is 37.9. The molecule has 11 heavy (non-hydrogen) atoms. The van der Waals surface area contributed by atoms with E-state index in [0.29, 0.717) is 12.5 Å². The molecule has 0 bridgehead atoms. The third kappa shape index (κ3) is 1.74. The fourth-order valence-corrected chi connectivity index (χ4v) is 2.05. The molecule has 1 aliphatic heterocycles. The Kier molecular flexibility index (Phi) is 2.14. The van der Waals surface area contributed by atoms with Gasteiger partial charge in [0, 0.05) is 13.2 Å². The highest BCUT2D eigenvalue weighted by Gasteiger charge is 2.37. The van der Waals surface area contributed by atoms with Gasteiger partial charge in [-0.2, -0.15) is 0 Å². The molecule has 1 aliphatic carbocycles. The summed E-state index contributed by atoms with van der Waals surface area (Å²) in [4.78, 5) is 2.54. The minimum atomic E-state index is 0.415. The molecule has 1 N–H and O–H groups in total. The summed E-state index contributed by atoms with van der Waals surface area (Å²) in [7, 11) is 0. The van der Waals surface area contributed by atoms with E-state index in [1.807, 2.05) is 0 Å². The van der Waals surface area contributed by atoms with Crippen molar-refractivity contribution in [2.75, 3.05) is 26.2 Å². The topological polar surface area (TPSA) is 23.5 Å². The Hall–Kier alpha value is -0.0800. The molecule has 2 fully saturated rings. The van der Waals surface area contributed by atoms with E-state index in [-0.39, 0.29) is 0 Å². The van der Waals surface area contributed by atoms with Crippen LogP contribution >= 0.6 is 0 Å². The van der Waals surface area contributed by atoms with Crippen LogP contribution in [0.3, 0.4) is 0 Å². The zero-order chi connectivity index (χ0) is 7.68. The van der Waals surface area contributed by atoms with E-state index in [9.17, 15) is 0 Å². The van der Waals surface area contributed by atoms with Crippen LogP contribution in [0.1, 0.15) is 19.3 Å². The molecule has 2 nitrogen and oxygen atoms in total. The molecule has 0 aromatic carbocycles. The Labute approximate surface area is 68.2 Å². The zero-order valence-corrected chi connectivity index (χ0v) is 7.00. The lowest BCUT2D eigenvalue weighted by molar-refractivity contribution is 0.252. The number of aliphatic hydroxyl groups is 1. The molecule has 2 atom stereocenters. The lowest BCUT2D eigenvalue weighted by atomic mass is 10.3. The van der Waals surface area contributed by atoms with E-state index >= 15 is 0 Å². The molecule has 0 radical (unpaired) electrons. The molecule has 0 spiro atoms. The van der Waals surface area contributed by atoms with Crippen molar-refractivity contribution >= 4 is 0 Å². The van der Waals surface area contributed by atoms with Gasteiger partial charge >= 0.3 is 0 Å². The minimum absolute atomic E-state index is 0.415. The van der Waals surface area contributed by atoms with Crippen LogP contribution in [0, 0.1) is 11.8 Å². The molecule has 2 heteroatoms. The molecule has 0 amide bonds. The van der Waals surface area contributed by atoms with Crippen LogP contribution in [0.25, 0.3) is 0 Å². The van der Waals surface area contributed by atoms with Crippen molar-refractivity contribution in [2.45, 2.75) is 19.3 Å². The van der Waals surface area contributed by atoms with E-state index in [2.05, 4.69) is 4.90 Å². The SMILES string of the molecule is OC[C@@H]1C[C@@H]1CN1CCCC1. The average Bonchev–Trinajstić information content (AvgIpc) is 2.54. The number of hydrogen-bond acceptors (Lipinski definition) is 2. The Morgan fingerprint density at radius 1 is 1.18 bits per heavy atom. The van der Waals surface area contributed by atoms with Gasteiger partial charge in [-0.15, -0.1) is 0 Å². The van der Waals surface area contributed by atoms with Crippen molar-refractivity contribution in [3.8, 4) is 0 Å². The van der Waals surface area contributed by atoms with Gasteiger partial charge in [-0.05, 0) is 44.2 Å². The summed E-state index contributed by atoms with van der Waals surface area (Å²) in [5.41, 5.74) is 0. The molecule has 0 aromatic heterocycles. The summed E-state index contributed by atoms with van der Waals surface area (Å²) in [6.07, 6.45) is 4.04. The largest absolute Gasteiger partial charge is 0.396 e. The van der Waals surface area contributed by atoms with Crippen molar-refractivity contribution in [1.82, 2.24) is 4.90 Å². The Morgan fingerprint density at radius 2 is 1.91 bits per heavy atom. The molecule has 0 aromatic rings. The van der Waals surface area contributed by atoms with Crippen molar-refractivity contribution in [2.24, 2.45) is 11.8 Å². The van der Waals surface area contributed by atoms with Crippen LogP contribution in [0.15, 0.2) is 0 Å². The monoisotopic (exact) mass is 155 g/mol. The smallest absolute Gasteiger partial charge is 0.0462 e. The van der Waals surface area contributed by atoms with Crippen LogP contribution in [0.4, 0.5) is 0 Å². The summed E-state index contributed by atoms with van der Waals surface area (Å²) < 4.78 is 0. The predicted octanol–water partition coefficient (Wildman–Crippen LogP) is 0.711. The first kappa shape index (κ1) is 7.56. The second kappa shape index (κ2) is 3.11. The number of hydrogen-bond donors (Lipinski definition) is 1. The Balaban J connectivity index is 1.66. The van der Waals surface area contributed by atoms with Gasteiger partial charge in [-0.25, -0.2) is 0 Å². The fraction of sp³-hybridized carbons (Fsp3) is 1.00. The average molecular weight is 155 g/mol. The quantitative estimate of drug-likeness (QED) is 0.649. The van der Waals surface area contributed by atoms with Crippen LogP contribution in [0.5, 0.6) is 0 Å². The highest BCUT2D eigenvalue weighted by atomic mass is 16.3. The summed E-state index contributed by atoms with van der Waals surface area (Å²) in [5, 5.41) is 8.83. The second-order valence-corrected chi connectivity index (χ2v) is 3.95. The lowest BCUT2D eigenvalue weighted by Crippen LogP contribution is -2.22. The van der Waals surface area contributed by atoms with Gasteiger partial charge in [-0.1, -0.05) is 0 Å². The third-order valence-electron chi connectivity index (χ3n) is 2.99. The van der Waals surface area contributed by atoms with Gasteiger partial charge in [0.05, 0.1) is 0 Å². The maximum absolute atomic E-state index is 8.83. The minimum Gasteiger partial charge on any atom is -0.396 e. The summed E-state index contributed by atoms with van der Waals surface area (Å²) in [6, 6.07) is 0. The van der Waals surface area contributed by atoms with Gasteiger partial charge in [0.2, 0.25) is 0 Å². The van der Waals surface area contributed by atoms with E-state index in [1.54, 1.807) is 0 Å². The first-order chi connectivity index (χ1) is 5.40. The second-order valence-electron chi connectivity index (χ2n) is 3.95. The molecule has 2 rings (SSSR count). The summed E-state index contributed by atoms with van der Waals surface area (Å²) >= 11 is 0.